The van der Waals surface area contributed by atoms with E-state index in [2.05, 4.69) is 15.5 Å². The minimum atomic E-state index is -0.211. The number of methoxy groups -OCH3 is 1. The van der Waals surface area contributed by atoms with Gasteiger partial charge in [0.1, 0.15) is 0 Å². The first-order valence-corrected chi connectivity index (χ1v) is 3.60. The van der Waals surface area contributed by atoms with E-state index in [1.807, 2.05) is 0 Å². The maximum Gasteiger partial charge on any atom is 0.266 e. The van der Waals surface area contributed by atoms with Crippen molar-refractivity contribution < 1.29 is 4.74 Å². The van der Waals surface area contributed by atoms with Gasteiger partial charge in [0.25, 0.3) is 5.56 Å². The number of nitrogens with one attached hydrogen (secondary N) is 2. The molecule has 12 heavy (non-hydrogen) atoms. The van der Waals surface area contributed by atoms with Crippen LogP contribution in [0, 0.1) is 0 Å². The van der Waals surface area contributed by atoms with Crippen LogP contribution in [0.2, 0.25) is 0 Å². The van der Waals surface area contributed by atoms with Crippen molar-refractivity contribution >= 4 is 5.69 Å². The van der Waals surface area contributed by atoms with Crippen molar-refractivity contribution in [3.63, 3.8) is 0 Å². The predicted octanol–water partition coefficient (Wildman–Crippen LogP) is -0.172. The first-order chi connectivity index (χ1) is 5.83. The molecule has 0 aliphatic rings. The molecule has 1 aromatic rings. The van der Waals surface area contributed by atoms with Crippen molar-refractivity contribution in [1.82, 2.24) is 10.2 Å². The third kappa shape index (κ3) is 2.71. The summed E-state index contributed by atoms with van der Waals surface area (Å²) in [6.45, 7) is 1.27. The molecule has 0 spiro atoms. The zero-order valence-corrected chi connectivity index (χ0v) is 6.83. The topological polar surface area (TPSA) is 67.0 Å². The lowest BCUT2D eigenvalue weighted by molar-refractivity contribution is 0.211. The van der Waals surface area contributed by atoms with Crippen molar-refractivity contribution in [2.24, 2.45) is 0 Å². The van der Waals surface area contributed by atoms with Crippen molar-refractivity contribution in [3.8, 4) is 0 Å². The standard InChI is InChI=1S/C7H11N3O2/c1-12-3-2-8-6-4-7(11)10-9-5-6/h4-5H,2-3H2,1H3,(H2,8,10,11). The Bertz CT molecular complexity index is 284. The Morgan fingerprint density at radius 3 is 3.25 bits per heavy atom. The number of rotatable bonds is 4. The average Bonchev–Trinajstić information content (AvgIpc) is 2.05. The first kappa shape index (κ1) is 8.73. The number of anilines is 1. The Labute approximate surface area is 69.8 Å². The summed E-state index contributed by atoms with van der Waals surface area (Å²) < 4.78 is 4.82. The predicted molar refractivity (Wildman–Crippen MR) is 45.2 cm³/mol. The summed E-state index contributed by atoms with van der Waals surface area (Å²) in [5.41, 5.74) is 0.494. The molecule has 66 valence electrons. The largest absolute Gasteiger partial charge is 0.383 e. The minimum Gasteiger partial charge on any atom is -0.383 e. The van der Waals surface area contributed by atoms with E-state index in [1.165, 1.54) is 6.07 Å². The number of H-pyrrole nitrogens is 1. The lowest BCUT2D eigenvalue weighted by atomic mass is 10.4. The van der Waals surface area contributed by atoms with Crippen molar-refractivity contribution in [2.45, 2.75) is 0 Å². The molecule has 0 unspecified atom stereocenters. The van der Waals surface area contributed by atoms with Gasteiger partial charge in [-0.2, -0.15) is 5.10 Å². The zero-order chi connectivity index (χ0) is 8.81. The molecule has 2 N–H and O–H groups in total. The summed E-state index contributed by atoms with van der Waals surface area (Å²) in [5, 5.41) is 8.89. The van der Waals surface area contributed by atoms with Gasteiger partial charge in [0, 0.05) is 19.7 Å². The molecule has 0 amide bonds. The maximum atomic E-state index is 10.7. The number of nitrogens with zero attached hydrogens (tertiary/aromatic N) is 1. The van der Waals surface area contributed by atoms with Gasteiger partial charge in [0.05, 0.1) is 18.5 Å². The third-order valence-electron chi connectivity index (χ3n) is 1.30. The van der Waals surface area contributed by atoms with Gasteiger partial charge >= 0.3 is 0 Å². The Morgan fingerprint density at radius 2 is 2.58 bits per heavy atom. The summed E-state index contributed by atoms with van der Waals surface area (Å²) in [6, 6.07) is 1.45. The van der Waals surface area contributed by atoms with E-state index in [4.69, 9.17) is 4.74 Å². The Morgan fingerprint density at radius 1 is 1.75 bits per heavy atom. The van der Waals surface area contributed by atoms with Crippen LogP contribution in [-0.2, 0) is 4.74 Å². The van der Waals surface area contributed by atoms with E-state index in [1.54, 1.807) is 13.3 Å². The van der Waals surface area contributed by atoms with Crippen LogP contribution in [-0.4, -0.2) is 30.5 Å². The third-order valence-corrected chi connectivity index (χ3v) is 1.30. The van der Waals surface area contributed by atoms with Gasteiger partial charge in [-0.3, -0.25) is 4.79 Å². The summed E-state index contributed by atoms with van der Waals surface area (Å²) in [4.78, 5) is 10.7. The summed E-state index contributed by atoms with van der Waals surface area (Å²) in [7, 11) is 1.62. The number of aromatic nitrogens is 2. The van der Waals surface area contributed by atoms with E-state index in [-0.39, 0.29) is 5.56 Å². The second-order valence-corrected chi connectivity index (χ2v) is 2.25. The molecule has 0 radical (unpaired) electrons. The number of aromatic amines is 1. The zero-order valence-electron chi connectivity index (χ0n) is 6.83. The molecule has 0 saturated heterocycles. The normalized spacial score (nSPS) is 9.75. The quantitative estimate of drug-likeness (QED) is 0.614. The average molecular weight is 169 g/mol. The van der Waals surface area contributed by atoms with Gasteiger partial charge in [0.15, 0.2) is 0 Å². The molecule has 0 aliphatic heterocycles. The monoisotopic (exact) mass is 169 g/mol. The molecule has 0 fully saturated rings. The smallest absolute Gasteiger partial charge is 0.266 e. The fraction of sp³-hybridized carbons (Fsp3) is 0.429. The highest BCUT2D eigenvalue weighted by Crippen LogP contribution is 1.96. The molecular weight excluding hydrogens is 158 g/mol. The van der Waals surface area contributed by atoms with Crippen LogP contribution in [0.1, 0.15) is 0 Å². The van der Waals surface area contributed by atoms with Crippen LogP contribution in [0.5, 0.6) is 0 Å². The van der Waals surface area contributed by atoms with E-state index in [9.17, 15) is 4.79 Å². The van der Waals surface area contributed by atoms with Crippen LogP contribution in [0.4, 0.5) is 5.69 Å². The number of hydrogen-bond donors (Lipinski definition) is 2. The molecule has 0 aliphatic carbocycles. The number of ether oxygens (including phenoxy) is 1. The molecule has 0 aromatic carbocycles. The summed E-state index contributed by atoms with van der Waals surface area (Å²) >= 11 is 0. The highest BCUT2D eigenvalue weighted by molar-refractivity contribution is 5.38. The van der Waals surface area contributed by atoms with Gasteiger partial charge in [-0.25, -0.2) is 5.10 Å². The van der Waals surface area contributed by atoms with Crippen LogP contribution in [0.3, 0.4) is 0 Å². The van der Waals surface area contributed by atoms with E-state index in [0.29, 0.717) is 18.8 Å². The minimum absolute atomic E-state index is 0.211. The number of hydrogen-bond acceptors (Lipinski definition) is 4. The van der Waals surface area contributed by atoms with Crippen molar-refractivity contribution in [2.75, 3.05) is 25.6 Å². The van der Waals surface area contributed by atoms with Crippen molar-refractivity contribution in [1.29, 1.82) is 0 Å². The molecule has 5 nitrogen and oxygen atoms in total. The highest BCUT2D eigenvalue weighted by Gasteiger charge is 1.91. The van der Waals surface area contributed by atoms with E-state index < -0.39 is 0 Å². The molecule has 0 atom stereocenters. The maximum absolute atomic E-state index is 10.7. The second kappa shape index (κ2) is 4.50. The van der Waals surface area contributed by atoms with Crippen LogP contribution in [0.25, 0.3) is 0 Å². The molecule has 0 saturated carbocycles. The molecule has 0 bridgehead atoms. The second-order valence-electron chi connectivity index (χ2n) is 2.25. The van der Waals surface area contributed by atoms with Gasteiger partial charge in [0.2, 0.25) is 0 Å². The fourth-order valence-corrected chi connectivity index (χ4v) is 0.770. The summed E-state index contributed by atoms with van der Waals surface area (Å²) in [6.07, 6.45) is 1.55. The molecular formula is C7H11N3O2. The van der Waals surface area contributed by atoms with Gasteiger partial charge in [-0.05, 0) is 0 Å². The Balaban J connectivity index is 2.47. The van der Waals surface area contributed by atoms with E-state index >= 15 is 0 Å². The highest BCUT2D eigenvalue weighted by atomic mass is 16.5. The van der Waals surface area contributed by atoms with Crippen LogP contribution >= 0.6 is 0 Å². The first-order valence-electron chi connectivity index (χ1n) is 3.60. The molecule has 1 heterocycles. The van der Waals surface area contributed by atoms with Gasteiger partial charge < -0.3 is 10.1 Å². The lowest BCUT2D eigenvalue weighted by Crippen LogP contribution is -2.12. The van der Waals surface area contributed by atoms with E-state index in [0.717, 1.165) is 0 Å². The van der Waals surface area contributed by atoms with Crippen LogP contribution in [0.15, 0.2) is 17.1 Å². The fourth-order valence-electron chi connectivity index (χ4n) is 0.770. The molecule has 1 aromatic heterocycles. The molecule has 1 rings (SSSR count). The van der Waals surface area contributed by atoms with Gasteiger partial charge in [-0.15, -0.1) is 0 Å². The Hall–Kier alpha value is -1.36. The summed E-state index contributed by atoms with van der Waals surface area (Å²) in [5.74, 6) is 0. The molecule has 5 heteroatoms. The SMILES string of the molecule is COCCNc1cn[nH]c(=O)c1. The lowest BCUT2D eigenvalue weighted by Gasteiger charge is -2.02. The Kier molecular flexibility index (Phi) is 3.28. The van der Waals surface area contributed by atoms with Crippen molar-refractivity contribution in [3.05, 3.63) is 22.6 Å². The van der Waals surface area contributed by atoms with Crippen LogP contribution < -0.4 is 10.9 Å². The van der Waals surface area contributed by atoms with Gasteiger partial charge in [-0.1, -0.05) is 0 Å².